The number of hydrogen-bond donors (Lipinski definition) is 1. The normalized spacial score (nSPS) is 14.5. The third-order valence-electron chi connectivity index (χ3n) is 4.89. The van der Waals surface area contributed by atoms with E-state index in [0.29, 0.717) is 29.1 Å². The molecule has 3 amide bonds. The number of nitrogens with one attached hydrogen (secondary N) is 1. The van der Waals surface area contributed by atoms with E-state index in [9.17, 15) is 27.6 Å². The van der Waals surface area contributed by atoms with Crippen LogP contribution < -0.4 is 10.1 Å². The number of amides is 3. The molecule has 4 rings (SSSR count). The van der Waals surface area contributed by atoms with Crippen LogP contribution in [0.25, 0.3) is 6.08 Å². The molecule has 35 heavy (non-hydrogen) atoms. The molecule has 0 aliphatic carbocycles. The van der Waals surface area contributed by atoms with E-state index < -0.39 is 35.2 Å². The van der Waals surface area contributed by atoms with Crippen LogP contribution in [0.4, 0.5) is 23.7 Å². The van der Waals surface area contributed by atoms with E-state index in [1.165, 1.54) is 18.2 Å². The maximum Gasteiger partial charge on any atom is 0.294 e. The van der Waals surface area contributed by atoms with Crippen molar-refractivity contribution in [1.29, 1.82) is 0 Å². The van der Waals surface area contributed by atoms with Gasteiger partial charge in [0.1, 0.15) is 36.4 Å². The van der Waals surface area contributed by atoms with E-state index >= 15 is 0 Å². The molecular weight excluding hydrogens is 481 g/mol. The van der Waals surface area contributed by atoms with Crippen molar-refractivity contribution in [3.8, 4) is 5.75 Å². The molecule has 0 radical (unpaired) electrons. The molecule has 1 aliphatic rings. The number of para-hydroxylation sites is 1. The predicted molar refractivity (Wildman–Crippen MR) is 125 cm³/mol. The van der Waals surface area contributed by atoms with E-state index in [-0.39, 0.29) is 23.0 Å². The second kappa shape index (κ2) is 10.5. The number of imide groups is 1. The Kier molecular flexibility index (Phi) is 7.21. The fourth-order valence-corrected chi connectivity index (χ4v) is 4.00. The molecule has 0 unspecified atom stereocenters. The van der Waals surface area contributed by atoms with Crippen molar-refractivity contribution in [2.75, 3.05) is 11.9 Å². The van der Waals surface area contributed by atoms with Gasteiger partial charge < -0.3 is 10.1 Å². The fraction of sp³-hybridized carbons (Fsp3) is 0.0800. The van der Waals surface area contributed by atoms with Gasteiger partial charge in [0.25, 0.3) is 11.1 Å². The molecule has 1 N–H and O–H groups in total. The zero-order valence-corrected chi connectivity index (χ0v) is 18.8. The molecule has 10 heteroatoms. The first-order valence-corrected chi connectivity index (χ1v) is 11.1. The second-order valence-electron chi connectivity index (χ2n) is 7.39. The Hall–Kier alpha value is -4.05. The van der Waals surface area contributed by atoms with Crippen molar-refractivity contribution in [1.82, 2.24) is 4.90 Å². The summed E-state index contributed by atoms with van der Waals surface area (Å²) in [6.07, 6.45) is 1.47. The summed E-state index contributed by atoms with van der Waals surface area (Å²) in [5, 5.41) is 1.55. The summed E-state index contributed by atoms with van der Waals surface area (Å²) in [5.74, 6) is -3.22. The van der Waals surface area contributed by atoms with E-state index in [2.05, 4.69) is 5.32 Å². The van der Waals surface area contributed by atoms with Gasteiger partial charge in [-0.25, -0.2) is 13.2 Å². The molecule has 0 spiro atoms. The van der Waals surface area contributed by atoms with E-state index in [1.54, 1.807) is 36.4 Å². The Morgan fingerprint density at radius 1 is 0.971 bits per heavy atom. The first kappa shape index (κ1) is 24.1. The SMILES string of the molecule is O=C(CN1C(=O)SC(=Cc2ccccc2OCc2ccc(F)cc2)C1=O)Nc1ccc(F)cc1F. The Bertz CT molecular complexity index is 1330. The molecule has 0 bridgehead atoms. The largest absolute Gasteiger partial charge is 0.488 e. The first-order chi connectivity index (χ1) is 16.8. The highest BCUT2D eigenvalue weighted by Crippen LogP contribution is 2.34. The Balaban J connectivity index is 1.44. The average Bonchev–Trinajstić information content (AvgIpc) is 3.08. The quantitative estimate of drug-likeness (QED) is 0.444. The van der Waals surface area contributed by atoms with E-state index in [0.717, 1.165) is 22.6 Å². The third kappa shape index (κ3) is 5.90. The number of nitrogens with zero attached hydrogens (tertiary/aromatic N) is 1. The molecule has 178 valence electrons. The minimum absolute atomic E-state index is 0.0774. The number of benzene rings is 3. The molecule has 1 heterocycles. The number of hydrogen-bond acceptors (Lipinski definition) is 5. The third-order valence-corrected chi connectivity index (χ3v) is 5.80. The van der Waals surface area contributed by atoms with Crippen LogP contribution in [0.2, 0.25) is 0 Å². The van der Waals surface area contributed by atoms with E-state index in [4.69, 9.17) is 4.74 Å². The molecule has 6 nitrogen and oxygen atoms in total. The van der Waals surface area contributed by atoms with Crippen LogP contribution in [-0.2, 0) is 16.2 Å². The predicted octanol–water partition coefficient (Wildman–Crippen LogP) is 5.36. The lowest BCUT2D eigenvalue weighted by Gasteiger charge is -2.13. The van der Waals surface area contributed by atoms with Crippen molar-refractivity contribution in [2.45, 2.75) is 6.61 Å². The van der Waals surface area contributed by atoms with Gasteiger partial charge in [0, 0.05) is 11.6 Å². The van der Waals surface area contributed by atoms with Crippen LogP contribution >= 0.6 is 11.8 Å². The minimum Gasteiger partial charge on any atom is -0.488 e. The summed E-state index contributed by atoms with van der Waals surface area (Å²) in [6.45, 7) is -0.478. The number of ether oxygens (including phenoxy) is 1. The van der Waals surface area contributed by atoms with Gasteiger partial charge >= 0.3 is 0 Å². The van der Waals surface area contributed by atoms with Crippen molar-refractivity contribution in [2.24, 2.45) is 0 Å². The van der Waals surface area contributed by atoms with Crippen LogP contribution in [0.15, 0.2) is 71.6 Å². The monoisotopic (exact) mass is 498 g/mol. The molecule has 0 atom stereocenters. The Morgan fingerprint density at radius 2 is 1.69 bits per heavy atom. The van der Waals surface area contributed by atoms with Crippen molar-refractivity contribution in [3.63, 3.8) is 0 Å². The molecule has 1 fully saturated rings. The number of rotatable bonds is 7. The molecule has 1 saturated heterocycles. The zero-order chi connectivity index (χ0) is 24.9. The number of thioether (sulfide) groups is 1. The standard InChI is InChI=1S/C25H17F3N2O4S/c26-17-7-5-15(6-8-17)14-34-21-4-2-1-3-16(21)11-22-24(32)30(25(33)35-22)13-23(31)29-20-10-9-18(27)12-19(20)28/h1-12H,13-14H2,(H,29,31). The molecule has 0 saturated carbocycles. The molecule has 0 aromatic heterocycles. The average molecular weight is 498 g/mol. The van der Waals surface area contributed by atoms with Gasteiger partial charge in [0.2, 0.25) is 5.91 Å². The lowest BCUT2D eigenvalue weighted by atomic mass is 10.1. The molecule has 3 aromatic carbocycles. The van der Waals surface area contributed by atoms with Crippen LogP contribution in [0.5, 0.6) is 5.75 Å². The summed E-state index contributed by atoms with van der Waals surface area (Å²) < 4.78 is 45.7. The highest BCUT2D eigenvalue weighted by molar-refractivity contribution is 8.18. The zero-order valence-electron chi connectivity index (χ0n) is 18.0. The summed E-state index contributed by atoms with van der Waals surface area (Å²) in [5.41, 5.74) is 0.995. The summed E-state index contributed by atoms with van der Waals surface area (Å²) in [4.78, 5) is 38.2. The summed E-state index contributed by atoms with van der Waals surface area (Å²) in [7, 11) is 0. The minimum atomic E-state index is -0.982. The topological polar surface area (TPSA) is 75.7 Å². The van der Waals surface area contributed by atoms with Gasteiger partial charge in [-0.05, 0) is 53.7 Å². The maximum absolute atomic E-state index is 13.8. The van der Waals surface area contributed by atoms with Crippen molar-refractivity contribution in [3.05, 3.63) is 100 Å². The number of carbonyl (C=O) groups is 3. The van der Waals surface area contributed by atoms with Crippen LogP contribution in [0, 0.1) is 17.5 Å². The highest BCUT2D eigenvalue weighted by Gasteiger charge is 2.36. The Labute approximate surface area is 202 Å². The Morgan fingerprint density at radius 3 is 2.43 bits per heavy atom. The van der Waals surface area contributed by atoms with Gasteiger partial charge in [0.15, 0.2) is 0 Å². The first-order valence-electron chi connectivity index (χ1n) is 10.3. The summed E-state index contributed by atoms with van der Waals surface area (Å²) in [6, 6.07) is 15.3. The molecule has 1 aliphatic heterocycles. The van der Waals surface area contributed by atoms with Gasteiger partial charge in [0.05, 0.1) is 10.6 Å². The van der Waals surface area contributed by atoms with Gasteiger partial charge in [-0.2, -0.15) is 0 Å². The van der Waals surface area contributed by atoms with E-state index in [1.807, 2.05) is 0 Å². The van der Waals surface area contributed by atoms with Crippen molar-refractivity contribution >= 4 is 40.6 Å². The smallest absolute Gasteiger partial charge is 0.294 e. The highest BCUT2D eigenvalue weighted by atomic mass is 32.2. The fourth-order valence-electron chi connectivity index (χ4n) is 3.17. The van der Waals surface area contributed by atoms with Gasteiger partial charge in [-0.15, -0.1) is 0 Å². The lowest BCUT2D eigenvalue weighted by Crippen LogP contribution is -2.36. The molecule has 3 aromatic rings. The van der Waals surface area contributed by atoms with Crippen LogP contribution in [-0.4, -0.2) is 28.5 Å². The number of halogens is 3. The lowest BCUT2D eigenvalue weighted by molar-refractivity contribution is -0.127. The second-order valence-corrected chi connectivity index (χ2v) is 8.39. The van der Waals surface area contributed by atoms with Crippen LogP contribution in [0.1, 0.15) is 11.1 Å². The number of carbonyl (C=O) groups excluding carboxylic acids is 3. The maximum atomic E-state index is 13.8. The molecular formula is C25H17F3N2O4S. The van der Waals surface area contributed by atoms with Gasteiger partial charge in [-0.3, -0.25) is 19.3 Å². The van der Waals surface area contributed by atoms with Crippen molar-refractivity contribution < 1.29 is 32.3 Å². The number of anilines is 1. The van der Waals surface area contributed by atoms with Gasteiger partial charge in [-0.1, -0.05) is 30.3 Å². The summed E-state index contributed by atoms with van der Waals surface area (Å²) >= 11 is 0.652. The van der Waals surface area contributed by atoms with Crippen LogP contribution in [0.3, 0.4) is 0 Å².